The third-order valence-corrected chi connectivity index (χ3v) is 5.51. The van der Waals surface area contributed by atoms with Crippen molar-refractivity contribution in [2.24, 2.45) is 0 Å². The van der Waals surface area contributed by atoms with E-state index in [-0.39, 0.29) is 11.7 Å². The molecule has 2 aromatic carbocycles. The molecule has 1 aliphatic rings. The van der Waals surface area contributed by atoms with E-state index in [4.69, 9.17) is 17.0 Å². The Morgan fingerprint density at radius 2 is 2.15 bits per heavy atom. The van der Waals surface area contributed by atoms with Crippen molar-refractivity contribution < 1.29 is 19.0 Å². The molecule has 0 radical (unpaired) electrons. The van der Waals surface area contributed by atoms with Gasteiger partial charge < -0.3 is 9.84 Å². The maximum absolute atomic E-state index is 13.5. The van der Waals surface area contributed by atoms with Gasteiger partial charge in [-0.15, -0.1) is 0 Å². The lowest BCUT2D eigenvalue weighted by Crippen LogP contribution is -2.27. The van der Waals surface area contributed by atoms with Crippen molar-refractivity contribution in [2.45, 2.75) is 6.92 Å². The lowest BCUT2D eigenvalue weighted by Gasteiger charge is -2.14. The second-order valence-electron chi connectivity index (χ2n) is 5.27. The zero-order chi connectivity index (χ0) is 18.8. The Morgan fingerprint density at radius 1 is 1.38 bits per heavy atom. The Hall–Kier alpha value is -1.90. The van der Waals surface area contributed by atoms with Crippen LogP contribution in [0.3, 0.4) is 0 Å². The number of amides is 1. The van der Waals surface area contributed by atoms with Crippen LogP contribution < -0.4 is 9.64 Å². The van der Waals surface area contributed by atoms with Crippen LogP contribution in [0, 0.1) is 5.82 Å². The van der Waals surface area contributed by atoms with Crippen LogP contribution in [-0.2, 0) is 4.79 Å². The molecule has 1 heterocycles. The number of nitrogens with zero attached hydrogens (tertiary/aromatic N) is 1. The van der Waals surface area contributed by atoms with Crippen LogP contribution in [0.2, 0.25) is 0 Å². The van der Waals surface area contributed by atoms with Crippen molar-refractivity contribution in [1.82, 2.24) is 0 Å². The lowest BCUT2D eigenvalue weighted by atomic mass is 10.2. The molecule has 0 spiro atoms. The predicted octanol–water partition coefficient (Wildman–Crippen LogP) is 5.10. The van der Waals surface area contributed by atoms with Crippen LogP contribution >= 0.6 is 39.9 Å². The molecule has 4 nitrogen and oxygen atoms in total. The first-order valence-electron chi connectivity index (χ1n) is 7.59. The second kappa shape index (κ2) is 7.77. The highest BCUT2D eigenvalue weighted by atomic mass is 79.9. The summed E-state index contributed by atoms with van der Waals surface area (Å²) in [4.78, 5) is 14.4. The van der Waals surface area contributed by atoms with Crippen LogP contribution in [0.4, 0.5) is 10.1 Å². The van der Waals surface area contributed by atoms with Crippen LogP contribution in [0.15, 0.2) is 45.8 Å². The summed E-state index contributed by atoms with van der Waals surface area (Å²) < 4.78 is 19.8. The topological polar surface area (TPSA) is 49.8 Å². The molecular formula is C18H13BrFNO3S2. The highest BCUT2D eigenvalue weighted by Crippen LogP contribution is 2.39. The average Bonchev–Trinajstić information content (AvgIpc) is 2.86. The van der Waals surface area contributed by atoms with Crippen molar-refractivity contribution in [3.8, 4) is 11.5 Å². The van der Waals surface area contributed by atoms with Gasteiger partial charge in [0, 0.05) is 4.47 Å². The normalized spacial score (nSPS) is 15.8. The Balaban J connectivity index is 1.97. The fraction of sp³-hybridized carbons (Fsp3) is 0.111. The Morgan fingerprint density at radius 3 is 2.85 bits per heavy atom. The molecule has 1 amide bonds. The number of anilines is 1. The van der Waals surface area contributed by atoms with Gasteiger partial charge >= 0.3 is 0 Å². The van der Waals surface area contributed by atoms with Gasteiger partial charge in [0.1, 0.15) is 5.82 Å². The van der Waals surface area contributed by atoms with Crippen LogP contribution in [-0.4, -0.2) is 21.9 Å². The molecule has 2 aromatic rings. The fourth-order valence-electron chi connectivity index (χ4n) is 2.39. The zero-order valence-electron chi connectivity index (χ0n) is 13.5. The van der Waals surface area contributed by atoms with Crippen molar-refractivity contribution >= 4 is 61.9 Å². The summed E-state index contributed by atoms with van der Waals surface area (Å²) in [5.74, 6) is -0.447. The maximum Gasteiger partial charge on any atom is 0.270 e. The van der Waals surface area contributed by atoms with Crippen molar-refractivity contribution in [3.05, 3.63) is 57.2 Å². The van der Waals surface area contributed by atoms with Gasteiger partial charge in [-0.05, 0) is 48.9 Å². The Kier molecular flexibility index (Phi) is 5.64. The molecular weight excluding hydrogens is 441 g/mol. The second-order valence-corrected chi connectivity index (χ2v) is 7.80. The van der Waals surface area contributed by atoms with Gasteiger partial charge in [-0.1, -0.05) is 46.0 Å². The number of carbonyl (C=O) groups is 1. The van der Waals surface area contributed by atoms with Crippen LogP contribution in [0.1, 0.15) is 12.5 Å². The van der Waals surface area contributed by atoms with E-state index in [2.05, 4.69) is 15.9 Å². The average molecular weight is 454 g/mol. The third kappa shape index (κ3) is 3.77. The number of thioether (sulfide) groups is 1. The summed E-state index contributed by atoms with van der Waals surface area (Å²) in [6, 6.07) is 8.86. The molecule has 0 atom stereocenters. The molecule has 8 heteroatoms. The zero-order valence-corrected chi connectivity index (χ0v) is 16.8. The summed E-state index contributed by atoms with van der Waals surface area (Å²) in [5, 5.41) is 9.91. The highest BCUT2D eigenvalue weighted by Gasteiger charge is 2.33. The largest absolute Gasteiger partial charge is 0.504 e. The first kappa shape index (κ1) is 18.9. The Bertz CT molecular complexity index is 933. The van der Waals surface area contributed by atoms with Gasteiger partial charge in [0.2, 0.25) is 0 Å². The van der Waals surface area contributed by atoms with E-state index in [9.17, 15) is 14.3 Å². The van der Waals surface area contributed by atoms with Gasteiger partial charge in [0.05, 0.1) is 17.2 Å². The molecule has 1 fully saturated rings. The van der Waals surface area contributed by atoms with Gasteiger partial charge in [-0.25, -0.2) is 4.39 Å². The quantitative estimate of drug-likeness (QED) is 0.515. The third-order valence-electron chi connectivity index (χ3n) is 3.52. The summed E-state index contributed by atoms with van der Waals surface area (Å²) >= 11 is 9.78. The van der Waals surface area contributed by atoms with Gasteiger partial charge in [0.15, 0.2) is 15.8 Å². The van der Waals surface area contributed by atoms with Gasteiger partial charge in [0.25, 0.3) is 5.91 Å². The highest BCUT2D eigenvalue weighted by molar-refractivity contribution is 9.10. The molecule has 1 aliphatic heterocycles. The lowest BCUT2D eigenvalue weighted by molar-refractivity contribution is -0.113. The molecule has 0 aliphatic carbocycles. The minimum atomic E-state index is -0.442. The summed E-state index contributed by atoms with van der Waals surface area (Å²) in [5.41, 5.74) is 1.04. The number of phenolic OH excluding ortho intramolecular Hbond substituents is 1. The molecule has 3 rings (SSSR count). The summed E-state index contributed by atoms with van der Waals surface area (Å²) in [6.07, 6.45) is 1.66. The Labute approximate surface area is 167 Å². The predicted molar refractivity (Wildman–Crippen MR) is 109 cm³/mol. The van der Waals surface area contributed by atoms with Crippen LogP contribution in [0.25, 0.3) is 6.08 Å². The molecule has 0 bridgehead atoms. The van der Waals surface area contributed by atoms with E-state index < -0.39 is 5.82 Å². The minimum absolute atomic E-state index is 0.00295. The van der Waals surface area contributed by atoms with E-state index in [1.807, 2.05) is 6.92 Å². The van der Waals surface area contributed by atoms with Gasteiger partial charge in [-0.2, -0.15) is 0 Å². The molecule has 0 unspecified atom stereocenters. The van der Waals surface area contributed by atoms with Gasteiger partial charge in [-0.3, -0.25) is 9.69 Å². The monoisotopic (exact) mass is 453 g/mol. The standard InChI is InChI=1S/C18H13BrFNO3S2/c1-2-24-15-6-10(13(19)9-14(15)22)7-16-17(23)21(18(25)26-16)12-5-3-4-11(20)8-12/h3-9,22H,2H2,1H3/b16-7+. The number of ether oxygens (including phenoxy) is 1. The SMILES string of the molecule is CCOc1cc(/C=C2/SC(=S)N(c3cccc(F)c3)C2=O)c(Br)cc1O. The van der Waals surface area contributed by atoms with Crippen molar-refractivity contribution in [1.29, 1.82) is 0 Å². The number of benzene rings is 2. The van der Waals surface area contributed by atoms with E-state index >= 15 is 0 Å². The summed E-state index contributed by atoms with van der Waals surface area (Å²) in [6.45, 7) is 2.21. The summed E-state index contributed by atoms with van der Waals surface area (Å²) in [7, 11) is 0. The van der Waals surface area contributed by atoms with E-state index in [1.54, 1.807) is 18.2 Å². The first-order chi connectivity index (χ1) is 12.4. The first-order valence-corrected chi connectivity index (χ1v) is 9.61. The minimum Gasteiger partial charge on any atom is -0.504 e. The number of thiocarbonyl (C=S) groups is 1. The fourth-order valence-corrected chi connectivity index (χ4v) is 4.12. The maximum atomic E-state index is 13.5. The van der Waals surface area contributed by atoms with Crippen molar-refractivity contribution in [2.75, 3.05) is 11.5 Å². The van der Waals surface area contributed by atoms with E-state index in [0.717, 1.165) is 11.8 Å². The van der Waals surface area contributed by atoms with Crippen molar-refractivity contribution in [3.63, 3.8) is 0 Å². The molecule has 1 N–H and O–H groups in total. The number of aromatic hydroxyl groups is 1. The van der Waals surface area contributed by atoms with Crippen LogP contribution in [0.5, 0.6) is 11.5 Å². The number of hydrogen-bond acceptors (Lipinski definition) is 5. The molecule has 0 aromatic heterocycles. The molecule has 134 valence electrons. The molecule has 0 saturated carbocycles. The number of halogens is 2. The molecule has 26 heavy (non-hydrogen) atoms. The van der Waals surface area contributed by atoms with E-state index in [0.29, 0.717) is 37.3 Å². The number of carbonyl (C=O) groups excluding carboxylic acids is 1. The number of hydrogen-bond donors (Lipinski definition) is 1. The smallest absolute Gasteiger partial charge is 0.270 e. The van der Waals surface area contributed by atoms with E-state index in [1.165, 1.54) is 29.2 Å². The number of phenols is 1. The molecule has 1 saturated heterocycles. The number of rotatable bonds is 4.